The molecule has 0 N–H and O–H groups in total. The van der Waals surface area contributed by atoms with Gasteiger partial charge < -0.3 is 0 Å². The Labute approximate surface area is 81.9 Å². The maximum Gasteiger partial charge on any atom is 0.285 e. The van der Waals surface area contributed by atoms with E-state index in [4.69, 9.17) is 0 Å². The van der Waals surface area contributed by atoms with Crippen molar-refractivity contribution in [1.29, 1.82) is 0 Å². The Morgan fingerprint density at radius 2 is 2.17 bits per heavy atom. The van der Waals surface area contributed by atoms with E-state index in [9.17, 15) is 14.5 Å². The summed E-state index contributed by atoms with van der Waals surface area (Å²) in [4.78, 5) is 9.73. The second-order valence-electron chi connectivity index (χ2n) is 2.29. The van der Waals surface area contributed by atoms with Gasteiger partial charge in [-0.15, -0.1) is 0 Å². The van der Waals surface area contributed by atoms with E-state index >= 15 is 0 Å². The van der Waals surface area contributed by atoms with Crippen molar-refractivity contribution in [2.24, 2.45) is 0 Å². The minimum absolute atomic E-state index is 0.0672. The Kier molecular flexibility index (Phi) is 2.61. The van der Waals surface area contributed by atoms with E-state index in [0.717, 1.165) is 0 Å². The fraction of sp³-hybridized carbons (Fsp3) is 0.143. The second-order valence-corrected chi connectivity index (χ2v) is 3.37. The number of aryl methyl sites for hydroxylation is 1. The molecule has 0 aliphatic carbocycles. The zero-order valence-corrected chi connectivity index (χ0v) is 8.33. The van der Waals surface area contributed by atoms with Gasteiger partial charge in [0.05, 0.1) is 4.92 Å². The molecule has 0 unspecified atom stereocenters. The Morgan fingerprint density at radius 1 is 1.58 bits per heavy atom. The quantitative estimate of drug-likeness (QED) is 0.451. The maximum absolute atomic E-state index is 13.0. The van der Waals surface area contributed by atoms with Crippen LogP contribution >= 0.6 is 22.6 Å². The summed E-state index contributed by atoms with van der Waals surface area (Å²) in [6.07, 6.45) is 0. The van der Waals surface area contributed by atoms with Crippen molar-refractivity contribution in [3.05, 3.63) is 37.2 Å². The number of nitro groups is 1. The van der Waals surface area contributed by atoms with Gasteiger partial charge in [-0.1, -0.05) is 0 Å². The van der Waals surface area contributed by atoms with E-state index in [1.165, 1.54) is 12.1 Å². The lowest BCUT2D eigenvalue weighted by atomic mass is 10.2. The van der Waals surface area contributed by atoms with Crippen LogP contribution in [0, 0.1) is 26.4 Å². The average molecular weight is 281 g/mol. The molecule has 0 saturated heterocycles. The molecule has 0 heterocycles. The highest BCUT2D eigenvalue weighted by atomic mass is 127. The monoisotopic (exact) mass is 281 g/mol. The van der Waals surface area contributed by atoms with Crippen molar-refractivity contribution in [2.75, 3.05) is 0 Å². The van der Waals surface area contributed by atoms with E-state index in [-0.39, 0.29) is 9.26 Å². The number of nitro benzene ring substituents is 1. The molecular weight excluding hydrogens is 276 g/mol. The zero-order valence-electron chi connectivity index (χ0n) is 6.17. The van der Waals surface area contributed by atoms with Crippen LogP contribution in [0.15, 0.2) is 12.1 Å². The lowest BCUT2D eigenvalue weighted by molar-refractivity contribution is -0.386. The largest absolute Gasteiger partial charge is 0.285 e. The van der Waals surface area contributed by atoms with Gasteiger partial charge in [0.15, 0.2) is 0 Å². The molecular formula is C7H5FINO2. The van der Waals surface area contributed by atoms with E-state index in [1.807, 2.05) is 0 Å². The van der Waals surface area contributed by atoms with Gasteiger partial charge in [-0.25, -0.2) is 4.39 Å². The maximum atomic E-state index is 13.0. The third kappa shape index (κ3) is 1.55. The first kappa shape index (κ1) is 9.37. The fourth-order valence-corrected chi connectivity index (χ4v) is 1.58. The summed E-state index contributed by atoms with van der Waals surface area (Å²) in [6, 6.07) is 2.70. The summed E-state index contributed by atoms with van der Waals surface area (Å²) < 4.78 is 13.1. The van der Waals surface area contributed by atoms with Gasteiger partial charge in [-0.2, -0.15) is 0 Å². The van der Waals surface area contributed by atoms with Gasteiger partial charge in [0.1, 0.15) is 9.39 Å². The molecule has 0 bridgehead atoms. The molecule has 0 aliphatic heterocycles. The normalized spacial score (nSPS) is 9.92. The molecule has 0 saturated carbocycles. The number of benzene rings is 1. The molecule has 1 aromatic carbocycles. The smallest absolute Gasteiger partial charge is 0.258 e. The number of hydrogen-bond donors (Lipinski definition) is 0. The molecule has 0 amide bonds. The highest BCUT2D eigenvalue weighted by molar-refractivity contribution is 14.1. The molecule has 1 rings (SSSR count). The summed E-state index contributed by atoms with van der Waals surface area (Å²) in [5.74, 6) is -0.509. The summed E-state index contributed by atoms with van der Waals surface area (Å²) in [7, 11) is 0. The first-order valence-corrected chi connectivity index (χ1v) is 4.21. The highest BCUT2D eigenvalue weighted by Gasteiger charge is 2.16. The van der Waals surface area contributed by atoms with E-state index < -0.39 is 10.7 Å². The van der Waals surface area contributed by atoms with Crippen molar-refractivity contribution >= 4 is 28.3 Å². The van der Waals surface area contributed by atoms with Crippen LogP contribution in [0.5, 0.6) is 0 Å². The molecule has 12 heavy (non-hydrogen) atoms. The number of nitrogens with zero attached hydrogens (tertiary/aromatic N) is 1. The summed E-state index contributed by atoms with van der Waals surface area (Å²) >= 11 is 1.63. The summed E-state index contributed by atoms with van der Waals surface area (Å²) in [5.41, 5.74) is 0.240. The SMILES string of the molecule is Cc1ccc([N+](=O)[O-])c(I)c1F. The van der Waals surface area contributed by atoms with Crippen molar-refractivity contribution in [2.45, 2.75) is 6.92 Å². The van der Waals surface area contributed by atoms with Gasteiger partial charge in [0, 0.05) is 6.07 Å². The third-order valence-corrected chi connectivity index (χ3v) is 2.48. The van der Waals surface area contributed by atoms with Crippen molar-refractivity contribution in [3.63, 3.8) is 0 Å². The van der Waals surface area contributed by atoms with Crippen LogP contribution in [0.1, 0.15) is 5.56 Å². The predicted molar refractivity (Wildman–Crippen MR) is 50.5 cm³/mol. The van der Waals surface area contributed by atoms with Gasteiger partial charge in [-0.3, -0.25) is 10.1 Å². The highest BCUT2D eigenvalue weighted by Crippen LogP contribution is 2.25. The van der Waals surface area contributed by atoms with E-state index in [2.05, 4.69) is 0 Å². The first-order chi connectivity index (χ1) is 5.54. The van der Waals surface area contributed by atoms with Crippen molar-refractivity contribution in [3.8, 4) is 0 Å². The van der Waals surface area contributed by atoms with Gasteiger partial charge >= 0.3 is 0 Å². The summed E-state index contributed by atoms with van der Waals surface area (Å²) in [6.45, 7) is 1.57. The van der Waals surface area contributed by atoms with Crippen molar-refractivity contribution < 1.29 is 9.31 Å². The fourth-order valence-electron chi connectivity index (χ4n) is 0.777. The van der Waals surface area contributed by atoms with Crippen LogP contribution in [-0.4, -0.2) is 4.92 Å². The van der Waals surface area contributed by atoms with Crippen LogP contribution < -0.4 is 0 Å². The van der Waals surface area contributed by atoms with Crippen LogP contribution in [0.25, 0.3) is 0 Å². The molecule has 0 aromatic heterocycles. The van der Waals surface area contributed by atoms with E-state index in [1.54, 1.807) is 29.5 Å². The minimum Gasteiger partial charge on any atom is -0.258 e. The molecule has 1 aromatic rings. The molecule has 5 heteroatoms. The van der Waals surface area contributed by atoms with Crippen LogP contribution in [0.2, 0.25) is 0 Å². The standard InChI is InChI=1S/C7H5FINO2/c1-4-2-3-5(10(11)12)7(9)6(4)8/h2-3H,1H3. The lowest BCUT2D eigenvalue weighted by Crippen LogP contribution is -1.95. The van der Waals surface area contributed by atoms with Crippen molar-refractivity contribution in [1.82, 2.24) is 0 Å². The predicted octanol–water partition coefficient (Wildman–Crippen LogP) is 2.65. The number of rotatable bonds is 1. The molecule has 0 spiro atoms. The number of hydrogen-bond acceptors (Lipinski definition) is 2. The molecule has 64 valence electrons. The van der Waals surface area contributed by atoms with Crippen LogP contribution in [0.3, 0.4) is 0 Å². The first-order valence-electron chi connectivity index (χ1n) is 3.13. The lowest BCUT2D eigenvalue weighted by Gasteiger charge is -1.99. The Balaban J connectivity index is 3.36. The Morgan fingerprint density at radius 3 is 2.67 bits per heavy atom. The third-order valence-electron chi connectivity index (χ3n) is 1.45. The van der Waals surface area contributed by atoms with Crippen LogP contribution in [-0.2, 0) is 0 Å². The van der Waals surface area contributed by atoms with E-state index in [0.29, 0.717) is 5.56 Å². The molecule has 0 atom stereocenters. The Bertz CT molecular complexity index is 340. The van der Waals surface area contributed by atoms with Gasteiger partial charge in [0.25, 0.3) is 5.69 Å². The Hall–Kier alpha value is -0.720. The summed E-state index contributed by atoms with van der Waals surface area (Å²) in [5, 5.41) is 10.3. The minimum atomic E-state index is -0.593. The zero-order chi connectivity index (χ0) is 9.30. The molecule has 0 radical (unpaired) electrons. The second kappa shape index (κ2) is 3.34. The molecule has 0 fully saturated rings. The van der Waals surface area contributed by atoms with Gasteiger partial charge in [0.2, 0.25) is 0 Å². The topological polar surface area (TPSA) is 43.1 Å². The average Bonchev–Trinajstić information content (AvgIpc) is 2.00. The molecule has 0 aliphatic rings. The molecule has 3 nitrogen and oxygen atoms in total. The van der Waals surface area contributed by atoms with Gasteiger partial charge in [-0.05, 0) is 41.1 Å². The number of halogens is 2. The van der Waals surface area contributed by atoms with Crippen LogP contribution in [0.4, 0.5) is 10.1 Å².